The first-order chi connectivity index (χ1) is 13.7. The highest BCUT2D eigenvalue weighted by Crippen LogP contribution is 2.40. The number of nitrogens with one attached hydrogen (secondary N) is 2. The van der Waals surface area contributed by atoms with Gasteiger partial charge in [0, 0.05) is 51.6 Å². The van der Waals surface area contributed by atoms with Gasteiger partial charge in [-0.05, 0) is 20.3 Å². The Morgan fingerprint density at radius 1 is 1.50 bits per heavy atom. The predicted octanol–water partition coefficient (Wildman–Crippen LogP) is 1.93. The minimum atomic E-state index is -4.88. The van der Waals surface area contributed by atoms with Gasteiger partial charge in [-0.25, -0.2) is 4.98 Å². The van der Waals surface area contributed by atoms with Crippen molar-refractivity contribution in [2.45, 2.75) is 50.6 Å². The summed E-state index contributed by atoms with van der Waals surface area (Å²) >= 11 is 0. The van der Waals surface area contributed by atoms with Gasteiger partial charge < -0.3 is 29.8 Å². The number of nitrogens with zero attached hydrogens (tertiary/aromatic N) is 3. The summed E-state index contributed by atoms with van der Waals surface area (Å²) in [6.45, 7) is 5.72. The van der Waals surface area contributed by atoms with Gasteiger partial charge in [0.1, 0.15) is 5.82 Å². The van der Waals surface area contributed by atoms with Crippen LogP contribution in [0.2, 0.25) is 0 Å². The summed E-state index contributed by atoms with van der Waals surface area (Å²) < 4.78 is 52.9. The molecule has 0 saturated carbocycles. The highest BCUT2D eigenvalue weighted by atomic mass is 127. The number of ether oxygens (including phenoxy) is 2. The number of aliphatic imine (C=N–C) groups is 1. The zero-order valence-corrected chi connectivity index (χ0v) is 19.7. The number of aryl methyl sites for hydroxylation is 1. The van der Waals surface area contributed by atoms with E-state index in [0.717, 1.165) is 11.0 Å². The molecule has 1 saturated heterocycles. The van der Waals surface area contributed by atoms with E-state index in [4.69, 9.17) is 9.47 Å². The van der Waals surface area contributed by atoms with Gasteiger partial charge in [-0.3, -0.25) is 4.99 Å². The molecule has 0 amide bonds. The first kappa shape index (κ1) is 26.9. The van der Waals surface area contributed by atoms with E-state index in [1.165, 1.54) is 19.4 Å². The van der Waals surface area contributed by atoms with Crippen LogP contribution < -0.4 is 10.6 Å². The quantitative estimate of drug-likeness (QED) is 0.248. The largest absolute Gasteiger partial charge is 0.424 e. The number of rotatable bonds is 9. The Bertz CT molecular complexity index is 668. The lowest BCUT2D eigenvalue weighted by molar-refractivity contribution is -0.272. The van der Waals surface area contributed by atoms with E-state index in [9.17, 15) is 18.3 Å². The Hall–Kier alpha value is -1.12. The number of hydrogen-bond acceptors (Lipinski definition) is 5. The van der Waals surface area contributed by atoms with Crippen molar-refractivity contribution in [1.82, 2.24) is 20.2 Å². The van der Waals surface area contributed by atoms with Gasteiger partial charge >= 0.3 is 6.18 Å². The van der Waals surface area contributed by atoms with Crippen molar-refractivity contribution in [3.63, 3.8) is 0 Å². The molecule has 0 radical (unpaired) electrons. The highest BCUT2D eigenvalue weighted by molar-refractivity contribution is 14.0. The normalized spacial score (nSPS) is 20.4. The number of alkyl halides is 3. The molecule has 3 unspecified atom stereocenters. The van der Waals surface area contributed by atoms with Crippen LogP contribution in [-0.4, -0.2) is 71.8 Å². The van der Waals surface area contributed by atoms with Crippen LogP contribution in [-0.2, 0) is 22.1 Å². The van der Waals surface area contributed by atoms with Crippen molar-refractivity contribution in [3.05, 3.63) is 18.2 Å². The van der Waals surface area contributed by atoms with Crippen LogP contribution in [0, 0.1) is 0 Å². The Labute approximate surface area is 191 Å². The Morgan fingerprint density at radius 2 is 2.23 bits per heavy atom. The van der Waals surface area contributed by atoms with E-state index in [2.05, 4.69) is 20.6 Å². The van der Waals surface area contributed by atoms with Gasteiger partial charge in [0.15, 0.2) is 5.96 Å². The fourth-order valence-electron chi connectivity index (χ4n) is 2.99. The number of aliphatic hydroxyl groups is 1. The molecule has 1 aliphatic rings. The lowest BCUT2D eigenvalue weighted by atomic mass is 9.98. The Kier molecular flexibility index (Phi) is 10.8. The maximum absolute atomic E-state index is 13.6. The van der Waals surface area contributed by atoms with Crippen molar-refractivity contribution in [3.8, 4) is 0 Å². The summed E-state index contributed by atoms with van der Waals surface area (Å²) in [5, 5.41) is 16.5. The van der Waals surface area contributed by atoms with Crippen molar-refractivity contribution >= 4 is 29.9 Å². The molecule has 1 aromatic rings. The highest BCUT2D eigenvalue weighted by Gasteiger charge is 2.57. The maximum atomic E-state index is 13.6. The van der Waals surface area contributed by atoms with Crippen LogP contribution in [0.15, 0.2) is 17.4 Å². The summed E-state index contributed by atoms with van der Waals surface area (Å²) in [7, 11) is 1.41. The minimum absolute atomic E-state index is 0. The van der Waals surface area contributed by atoms with E-state index in [1.807, 2.05) is 13.8 Å². The average molecular weight is 549 g/mol. The molecule has 2 rings (SSSR count). The zero-order chi connectivity index (χ0) is 21.5. The van der Waals surface area contributed by atoms with Crippen LogP contribution in [0.3, 0.4) is 0 Å². The molecular weight excluding hydrogens is 518 g/mol. The molecule has 1 aliphatic heterocycles. The van der Waals surface area contributed by atoms with Crippen LogP contribution in [0.4, 0.5) is 13.2 Å². The molecular formula is C18H31F3IN5O3. The summed E-state index contributed by atoms with van der Waals surface area (Å²) in [6.07, 6.45) is -2.03. The number of aromatic nitrogens is 2. The van der Waals surface area contributed by atoms with Gasteiger partial charge in [0.2, 0.25) is 5.60 Å². The van der Waals surface area contributed by atoms with Gasteiger partial charge in [0.05, 0.1) is 19.3 Å². The standard InChI is InChI=1S/C18H30F3N5O3.HI/c1-4-22-16(25-13(2)11-29-14-5-10-28-12-14)24-7-6-17(27,18(19,20)21)15-23-8-9-26(15)3;/h8-9,13-14,27H,4-7,10-12H2,1-3H3,(H2,22,24,25);1H. The molecule has 0 aromatic carbocycles. The number of imidazole rings is 1. The molecule has 0 bridgehead atoms. The first-order valence-electron chi connectivity index (χ1n) is 9.68. The van der Waals surface area contributed by atoms with Gasteiger partial charge in [-0.1, -0.05) is 0 Å². The maximum Gasteiger partial charge on any atom is 0.424 e. The minimum Gasteiger partial charge on any atom is -0.379 e. The molecule has 12 heteroatoms. The Morgan fingerprint density at radius 3 is 2.77 bits per heavy atom. The molecule has 8 nitrogen and oxygen atoms in total. The SMILES string of the molecule is CCNC(=NCCC(O)(c1nccn1C)C(F)(F)F)NC(C)COC1CCOC1.I. The third-order valence-electron chi connectivity index (χ3n) is 4.60. The fourth-order valence-corrected chi connectivity index (χ4v) is 2.99. The van der Waals surface area contributed by atoms with E-state index in [-0.39, 0.29) is 42.7 Å². The average Bonchev–Trinajstić information content (AvgIpc) is 3.30. The van der Waals surface area contributed by atoms with Crippen LogP contribution in [0.25, 0.3) is 0 Å². The van der Waals surface area contributed by atoms with E-state index < -0.39 is 24.0 Å². The monoisotopic (exact) mass is 549 g/mol. The molecule has 2 heterocycles. The molecule has 174 valence electrons. The second kappa shape index (κ2) is 12.1. The number of hydrogen-bond donors (Lipinski definition) is 3. The van der Waals surface area contributed by atoms with Crippen LogP contribution in [0.5, 0.6) is 0 Å². The molecule has 1 fully saturated rings. The van der Waals surface area contributed by atoms with Gasteiger partial charge in [-0.2, -0.15) is 13.2 Å². The predicted molar refractivity (Wildman–Crippen MR) is 117 cm³/mol. The third-order valence-corrected chi connectivity index (χ3v) is 4.60. The van der Waals surface area contributed by atoms with E-state index >= 15 is 0 Å². The zero-order valence-electron chi connectivity index (χ0n) is 17.4. The second-order valence-corrected chi connectivity index (χ2v) is 7.09. The smallest absolute Gasteiger partial charge is 0.379 e. The van der Waals surface area contributed by atoms with Crippen LogP contribution in [0.1, 0.15) is 32.5 Å². The van der Waals surface area contributed by atoms with Gasteiger partial charge in [-0.15, -0.1) is 24.0 Å². The van der Waals surface area contributed by atoms with Crippen molar-refractivity contribution in [2.24, 2.45) is 12.0 Å². The molecule has 30 heavy (non-hydrogen) atoms. The van der Waals surface area contributed by atoms with Crippen molar-refractivity contribution in [1.29, 1.82) is 0 Å². The lowest BCUT2D eigenvalue weighted by Gasteiger charge is -2.29. The van der Waals surface area contributed by atoms with Crippen LogP contribution >= 0.6 is 24.0 Å². The summed E-state index contributed by atoms with van der Waals surface area (Å²) in [4.78, 5) is 7.87. The molecule has 0 spiro atoms. The molecule has 3 atom stereocenters. The van der Waals surface area contributed by atoms with Crippen molar-refractivity contribution in [2.75, 3.05) is 32.9 Å². The summed E-state index contributed by atoms with van der Waals surface area (Å²) in [5.74, 6) is -0.102. The fraction of sp³-hybridized carbons (Fsp3) is 0.778. The number of guanidine groups is 1. The van der Waals surface area contributed by atoms with Gasteiger partial charge in [0.25, 0.3) is 0 Å². The lowest BCUT2D eigenvalue weighted by Crippen LogP contribution is -2.46. The molecule has 0 aliphatic carbocycles. The second-order valence-electron chi connectivity index (χ2n) is 7.09. The molecule has 1 aromatic heterocycles. The third kappa shape index (κ3) is 7.24. The Balaban J connectivity index is 0.00000450. The molecule has 3 N–H and O–H groups in total. The summed E-state index contributed by atoms with van der Waals surface area (Å²) in [5.41, 5.74) is -3.08. The summed E-state index contributed by atoms with van der Waals surface area (Å²) in [6, 6.07) is -0.107. The van der Waals surface area contributed by atoms with E-state index in [1.54, 1.807) is 0 Å². The van der Waals surface area contributed by atoms with E-state index in [0.29, 0.717) is 32.3 Å². The number of halogens is 4. The van der Waals surface area contributed by atoms with Crippen molar-refractivity contribution < 1.29 is 27.8 Å². The topological polar surface area (TPSA) is 92.9 Å². The first-order valence-corrected chi connectivity index (χ1v) is 9.68.